The van der Waals surface area contributed by atoms with Gasteiger partial charge in [0.25, 0.3) is 0 Å². The molecule has 0 amide bonds. The van der Waals surface area contributed by atoms with E-state index < -0.39 is 22.2 Å². The molecular formula is C12H15F2N3O2. The third kappa shape index (κ3) is 2.81. The molecule has 1 fully saturated rings. The lowest BCUT2D eigenvalue weighted by Gasteiger charge is -2.32. The van der Waals surface area contributed by atoms with Gasteiger partial charge in [-0.2, -0.15) is 4.39 Å². The number of piperidine rings is 1. The highest BCUT2D eigenvalue weighted by atomic mass is 19.1. The fourth-order valence-corrected chi connectivity index (χ4v) is 2.38. The maximum atomic E-state index is 13.5. The van der Waals surface area contributed by atoms with Crippen molar-refractivity contribution in [3.8, 4) is 0 Å². The number of nitrogens with two attached hydrogens (primary N) is 1. The Morgan fingerprint density at radius 2 is 2.00 bits per heavy atom. The van der Waals surface area contributed by atoms with E-state index in [0.717, 1.165) is 18.9 Å². The Balaban J connectivity index is 2.31. The molecule has 2 N–H and O–H groups in total. The minimum absolute atomic E-state index is 0.0120. The Labute approximate surface area is 109 Å². The molecule has 1 aromatic carbocycles. The summed E-state index contributed by atoms with van der Waals surface area (Å²) in [6.45, 7) is 1.60. The number of benzene rings is 1. The van der Waals surface area contributed by atoms with Crippen molar-refractivity contribution >= 4 is 11.4 Å². The first-order chi connectivity index (χ1) is 9.02. The summed E-state index contributed by atoms with van der Waals surface area (Å²) in [4.78, 5) is 11.8. The molecule has 104 valence electrons. The topological polar surface area (TPSA) is 72.4 Å². The van der Waals surface area contributed by atoms with Crippen molar-refractivity contribution in [2.75, 3.05) is 24.5 Å². The van der Waals surface area contributed by atoms with Crippen molar-refractivity contribution in [1.82, 2.24) is 0 Å². The van der Waals surface area contributed by atoms with Crippen molar-refractivity contribution in [3.05, 3.63) is 33.9 Å². The number of rotatable bonds is 3. The van der Waals surface area contributed by atoms with Crippen LogP contribution in [0.5, 0.6) is 0 Å². The number of nitro groups is 1. The summed E-state index contributed by atoms with van der Waals surface area (Å²) in [5.41, 5.74) is 4.92. The average Bonchev–Trinajstić information content (AvgIpc) is 2.37. The zero-order valence-corrected chi connectivity index (χ0v) is 10.3. The fraction of sp³-hybridized carbons (Fsp3) is 0.500. The fourth-order valence-electron chi connectivity index (χ4n) is 2.38. The molecule has 7 heteroatoms. The zero-order valence-electron chi connectivity index (χ0n) is 10.3. The molecule has 1 heterocycles. The van der Waals surface area contributed by atoms with Crippen LogP contribution >= 0.6 is 0 Å². The van der Waals surface area contributed by atoms with E-state index in [1.165, 1.54) is 0 Å². The van der Waals surface area contributed by atoms with Gasteiger partial charge in [0.15, 0.2) is 0 Å². The molecule has 0 atom stereocenters. The van der Waals surface area contributed by atoms with Gasteiger partial charge in [0.2, 0.25) is 5.82 Å². The molecule has 0 saturated carbocycles. The molecule has 1 aliphatic heterocycles. The van der Waals surface area contributed by atoms with Crippen molar-refractivity contribution in [3.63, 3.8) is 0 Å². The molecule has 0 bridgehead atoms. The van der Waals surface area contributed by atoms with Gasteiger partial charge < -0.3 is 10.6 Å². The van der Waals surface area contributed by atoms with Crippen LogP contribution in [-0.2, 0) is 0 Å². The van der Waals surface area contributed by atoms with Gasteiger partial charge in [-0.15, -0.1) is 0 Å². The molecule has 0 aromatic heterocycles. The molecule has 1 aromatic rings. The monoisotopic (exact) mass is 271 g/mol. The highest BCUT2D eigenvalue weighted by molar-refractivity contribution is 5.64. The number of hydrogen-bond acceptors (Lipinski definition) is 4. The molecule has 2 rings (SSSR count). The molecular weight excluding hydrogens is 256 g/mol. The maximum Gasteiger partial charge on any atom is 0.328 e. The van der Waals surface area contributed by atoms with E-state index in [0.29, 0.717) is 31.6 Å². The third-order valence-corrected chi connectivity index (χ3v) is 3.48. The van der Waals surface area contributed by atoms with E-state index in [1.54, 1.807) is 4.90 Å². The van der Waals surface area contributed by atoms with Gasteiger partial charge in [0.1, 0.15) is 11.5 Å². The van der Waals surface area contributed by atoms with Gasteiger partial charge in [-0.05, 0) is 25.3 Å². The predicted octanol–water partition coefficient (Wildman–Crippen LogP) is 2.05. The summed E-state index contributed by atoms with van der Waals surface area (Å²) in [7, 11) is 0. The van der Waals surface area contributed by atoms with Crippen molar-refractivity contribution < 1.29 is 13.7 Å². The van der Waals surface area contributed by atoms with E-state index in [9.17, 15) is 18.9 Å². The Bertz CT molecular complexity index is 488. The van der Waals surface area contributed by atoms with Crippen LogP contribution in [-0.4, -0.2) is 24.6 Å². The van der Waals surface area contributed by atoms with Crippen LogP contribution < -0.4 is 10.6 Å². The standard InChI is InChI=1S/C12H15F2N3O2/c13-9-5-10(14)12(17(18)19)11(6-9)16-3-1-8(7-15)2-4-16/h5-6,8H,1-4,7,15H2. The van der Waals surface area contributed by atoms with E-state index in [1.807, 2.05) is 0 Å². The van der Waals surface area contributed by atoms with E-state index in [2.05, 4.69) is 0 Å². The first-order valence-corrected chi connectivity index (χ1v) is 6.11. The second kappa shape index (κ2) is 5.48. The first kappa shape index (κ1) is 13.7. The Morgan fingerprint density at radius 1 is 1.37 bits per heavy atom. The van der Waals surface area contributed by atoms with Gasteiger partial charge in [0, 0.05) is 25.2 Å². The molecule has 0 aliphatic carbocycles. The largest absolute Gasteiger partial charge is 0.366 e. The number of nitrogens with zero attached hydrogens (tertiary/aromatic N) is 2. The molecule has 0 radical (unpaired) electrons. The third-order valence-electron chi connectivity index (χ3n) is 3.48. The molecule has 0 spiro atoms. The summed E-state index contributed by atoms with van der Waals surface area (Å²) in [5.74, 6) is -1.58. The number of hydrogen-bond donors (Lipinski definition) is 1. The number of anilines is 1. The Hall–Kier alpha value is -1.76. The smallest absolute Gasteiger partial charge is 0.328 e. The van der Waals surface area contributed by atoms with Crippen LogP contribution in [0.2, 0.25) is 0 Å². The lowest BCUT2D eigenvalue weighted by Crippen LogP contribution is -2.36. The summed E-state index contributed by atoms with van der Waals surface area (Å²) >= 11 is 0. The Kier molecular flexibility index (Phi) is 3.94. The summed E-state index contributed by atoms with van der Waals surface area (Å²) in [6, 6.07) is 1.55. The van der Waals surface area contributed by atoms with Gasteiger partial charge in [-0.25, -0.2) is 4.39 Å². The molecule has 1 aliphatic rings. The van der Waals surface area contributed by atoms with E-state index in [-0.39, 0.29) is 5.69 Å². The molecule has 19 heavy (non-hydrogen) atoms. The SMILES string of the molecule is NCC1CCN(c2cc(F)cc(F)c2[N+](=O)[O-])CC1. The number of halogens is 2. The van der Waals surface area contributed by atoms with Gasteiger partial charge in [-0.1, -0.05) is 0 Å². The summed E-state index contributed by atoms with van der Waals surface area (Å²) in [5, 5.41) is 10.9. The summed E-state index contributed by atoms with van der Waals surface area (Å²) in [6.07, 6.45) is 1.54. The van der Waals surface area contributed by atoms with Gasteiger partial charge in [-0.3, -0.25) is 10.1 Å². The van der Waals surface area contributed by atoms with Crippen molar-refractivity contribution in [2.24, 2.45) is 11.7 Å². The minimum atomic E-state index is -1.14. The van der Waals surface area contributed by atoms with Crippen LogP contribution in [0.4, 0.5) is 20.2 Å². The van der Waals surface area contributed by atoms with Crippen LogP contribution in [0.15, 0.2) is 12.1 Å². The molecule has 0 unspecified atom stereocenters. The number of nitro benzene ring substituents is 1. The Morgan fingerprint density at radius 3 is 2.53 bits per heavy atom. The van der Waals surface area contributed by atoms with Crippen LogP contribution in [0, 0.1) is 27.7 Å². The minimum Gasteiger partial charge on any atom is -0.366 e. The second-order valence-corrected chi connectivity index (χ2v) is 4.68. The highest BCUT2D eigenvalue weighted by Gasteiger charge is 2.28. The normalized spacial score (nSPS) is 16.7. The van der Waals surface area contributed by atoms with Crippen LogP contribution in [0.3, 0.4) is 0 Å². The first-order valence-electron chi connectivity index (χ1n) is 6.11. The maximum absolute atomic E-state index is 13.5. The lowest BCUT2D eigenvalue weighted by molar-refractivity contribution is -0.386. The molecule has 1 saturated heterocycles. The van der Waals surface area contributed by atoms with E-state index >= 15 is 0 Å². The van der Waals surface area contributed by atoms with E-state index in [4.69, 9.17) is 5.73 Å². The van der Waals surface area contributed by atoms with Crippen LogP contribution in [0.1, 0.15) is 12.8 Å². The quantitative estimate of drug-likeness (QED) is 0.674. The lowest BCUT2D eigenvalue weighted by atomic mass is 9.96. The average molecular weight is 271 g/mol. The molecule has 5 nitrogen and oxygen atoms in total. The summed E-state index contributed by atoms with van der Waals surface area (Å²) < 4.78 is 26.8. The van der Waals surface area contributed by atoms with Crippen molar-refractivity contribution in [2.45, 2.75) is 12.8 Å². The van der Waals surface area contributed by atoms with Gasteiger partial charge in [0.05, 0.1) is 4.92 Å². The van der Waals surface area contributed by atoms with Gasteiger partial charge >= 0.3 is 5.69 Å². The zero-order chi connectivity index (χ0) is 14.0. The second-order valence-electron chi connectivity index (χ2n) is 4.68. The predicted molar refractivity (Wildman–Crippen MR) is 67.0 cm³/mol. The van der Waals surface area contributed by atoms with Crippen LogP contribution in [0.25, 0.3) is 0 Å². The van der Waals surface area contributed by atoms with Crippen molar-refractivity contribution in [1.29, 1.82) is 0 Å². The highest BCUT2D eigenvalue weighted by Crippen LogP contribution is 2.34.